The molecule has 1 fully saturated rings. The van der Waals surface area contributed by atoms with Gasteiger partial charge in [-0.15, -0.1) is 13.2 Å². The van der Waals surface area contributed by atoms with E-state index in [-0.39, 0.29) is 37.0 Å². The number of hydrogen-bond donors (Lipinski definition) is 0. The van der Waals surface area contributed by atoms with Crippen LogP contribution in [0.2, 0.25) is 0 Å². The molecular weight excluding hydrogens is 445 g/mol. The van der Waals surface area contributed by atoms with Gasteiger partial charge in [0.05, 0.1) is 4.90 Å². The number of carbonyl (C=O) groups is 1. The lowest BCUT2D eigenvalue weighted by Crippen LogP contribution is -2.50. The van der Waals surface area contributed by atoms with Gasteiger partial charge in [0, 0.05) is 31.7 Å². The molecule has 1 aliphatic heterocycles. The number of ether oxygens (including phenoxy) is 1. The second-order valence-electron chi connectivity index (χ2n) is 7.24. The van der Waals surface area contributed by atoms with Gasteiger partial charge in [0.1, 0.15) is 5.75 Å². The summed E-state index contributed by atoms with van der Waals surface area (Å²) in [6.07, 6.45) is -4.85. The van der Waals surface area contributed by atoms with Crippen molar-refractivity contribution in [2.24, 2.45) is 0 Å². The minimum Gasteiger partial charge on any atom is -0.406 e. The summed E-state index contributed by atoms with van der Waals surface area (Å²) in [6.45, 7) is 0.576. The van der Waals surface area contributed by atoms with Crippen LogP contribution in [0.15, 0.2) is 71.6 Å². The smallest absolute Gasteiger partial charge is 0.406 e. The zero-order valence-electron chi connectivity index (χ0n) is 16.7. The summed E-state index contributed by atoms with van der Waals surface area (Å²) in [5.74, 6) is -0.672. The molecule has 0 radical (unpaired) electrons. The fraction of sp³-hybridized carbons (Fsp3) is 0.227. The summed E-state index contributed by atoms with van der Waals surface area (Å²) in [6, 6.07) is 17.1. The Morgan fingerprint density at radius 3 is 2.12 bits per heavy atom. The van der Waals surface area contributed by atoms with Gasteiger partial charge in [0.2, 0.25) is 10.0 Å². The van der Waals surface area contributed by atoms with Crippen molar-refractivity contribution in [1.29, 1.82) is 0 Å². The predicted octanol–water partition coefficient (Wildman–Crippen LogP) is 3.89. The van der Waals surface area contributed by atoms with Gasteiger partial charge < -0.3 is 9.64 Å². The zero-order chi connectivity index (χ0) is 22.9. The minimum atomic E-state index is -4.85. The summed E-state index contributed by atoms with van der Waals surface area (Å²) in [7, 11) is -3.91. The monoisotopic (exact) mass is 464 g/mol. The van der Waals surface area contributed by atoms with E-state index < -0.39 is 22.1 Å². The van der Waals surface area contributed by atoms with Crippen molar-refractivity contribution in [1.82, 2.24) is 9.21 Å². The average molecular weight is 464 g/mol. The van der Waals surface area contributed by atoms with Gasteiger partial charge in [-0.25, -0.2) is 8.42 Å². The summed E-state index contributed by atoms with van der Waals surface area (Å²) >= 11 is 0. The van der Waals surface area contributed by atoms with Gasteiger partial charge in [-0.1, -0.05) is 36.4 Å². The normalized spacial score (nSPS) is 15.7. The molecule has 1 aliphatic rings. The molecule has 0 unspecified atom stereocenters. The summed E-state index contributed by atoms with van der Waals surface area (Å²) in [5, 5.41) is 1.77. The van der Waals surface area contributed by atoms with E-state index in [1.54, 1.807) is 11.0 Å². The van der Waals surface area contributed by atoms with Gasteiger partial charge in [-0.05, 0) is 41.1 Å². The Morgan fingerprint density at radius 2 is 1.47 bits per heavy atom. The van der Waals surface area contributed by atoms with E-state index in [4.69, 9.17) is 0 Å². The van der Waals surface area contributed by atoms with Crippen LogP contribution in [0.4, 0.5) is 13.2 Å². The maximum Gasteiger partial charge on any atom is 0.573 e. The molecule has 0 spiro atoms. The van der Waals surface area contributed by atoms with Crippen LogP contribution < -0.4 is 4.74 Å². The topological polar surface area (TPSA) is 66.9 Å². The molecule has 3 aromatic carbocycles. The molecule has 0 aromatic heterocycles. The highest BCUT2D eigenvalue weighted by Gasteiger charge is 2.33. The number of sulfonamides is 1. The Morgan fingerprint density at radius 1 is 0.844 bits per heavy atom. The van der Waals surface area contributed by atoms with Crippen LogP contribution in [0, 0.1) is 0 Å². The average Bonchev–Trinajstić information content (AvgIpc) is 2.77. The van der Waals surface area contributed by atoms with Crippen molar-refractivity contribution in [3.8, 4) is 5.75 Å². The number of rotatable bonds is 4. The molecule has 1 amide bonds. The molecule has 10 heteroatoms. The highest BCUT2D eigenvalue weighted by Crippen LogP contribution is 2.26. The molecule has 0 saturated carbocycles. The second kappa shape index (κ2) is 8.44. The highest BCUT2D eigenvalue weighted by molar-refractivity contribution is 7.89. The van der Waals surface area contributed by atoms with Crippen LogP contribution >= 0.6 is 0 Å². The van der Waals surface area contributed by atoms with Crippen molar-refractivity contribution in [3.63, 3.8) is 0 Å². The molecule has 0 N–H and O–H groups in total. The van der Waals surface area contributed by atoms with Crippen molar-refractivity contribution < 1.29 is 31.1 Å². The maximum absolute atomic E-state index is 13.0. The number of benzene rings is 3. The Labute approximate surface area is 182 Å². The molecule has 4 rings (SSSR count). The van der Waals surface area contributed by atoms with E-state index in [0.29, 0.717) is 5.56 Å². The Kier molecular flexibility index (Phi) is 5.83. The Hall–Kier alpha value is -3.11. The molecule has 1 saturated heterocycles. The number of amides is 1. The van der Waals surface area contributed by atoms with E-state index in [0.717, 1.165) is 35.0 Å². The first-order valence-electron chi connectivity index (χ1n) is 9.78. The number of fused-ring (bicyclic) bond motifs is 1. The zero-order valence-corrected chi connectivity index (χ0v) is 17.6. The van der Waals surface area contributed by atoms with E-state index in [2.05, 4.69) is 4.74 Å². The van der Waals surface area contributed by atoms with Gasteiger partial charge >= 0.3 is 6.36 Å². The number of alkyl halides is 3. The minimum absolute atomic E-state index is 0.0830. The third-order valence-electron chi connectivity index (χ3n) is 5.24. The van der Waals surface area contributed by atoms with Crippen molar-refractivity contribution in [3.05, 3.63) is 72.3 Å². The quantitative estimate of drug-likeness (QED) is 0.588. The number of piperazine rings is 1. The van der Waals surface area contributed by atoms with Crippen LogP contribution in [0.5, 0.6) is 5.75 Å². The van der Waals surface area contributed by atoms with E-state index >= 15 is 0 Å². The lowest BCUT2D eigenvalue weighted by atomic mass is 10.0. The largest absolute Gasteiger partial charge is 0.573 e. The predicted molar refractivity (Wildman–Crippen MR) is 112 cm³/mol. The third-order valence-corrected chi connectivity index (χ3v) is 7.15. The SMILES string of the molecule is O=C(c1cccc2ccccc12)N1CCN(S(=O)(=O)c2ccc(OC(F)(F)F)cc2)CC1. The van der Waals surface area contributed by atoms with Crippen LogP contribution in [0.25, 0.3) is 10.8 Å². The fourth-order valence-electron chi connectivity index (χ4n) is 3.68. The lowest BCUT2D eigenvalue weighted by Gasteiger charge is -2.34. The third kappa shape index (κ3) is 4.56. The fourth-order valence-corrected chi connectivity index (χ4v) is 5.10. The summed E-state index contributed by atoms with van der Waals surface area (Å²) in [4.78, 5) is 14.5. The van der Waals surface area contributed by atoms with Gasteiger partial charge in [-0.3, -0.25) is 4.79 Å². The van der Waals surface area contributed by atoms with Crippen LogP contribution in [0.3, 0.4) is 0 Å². The van der Waals surface area contributed by atoms with E-state index in [1.807, 2.05) is 36.4 Å². The molecule has 32 heavy (non-hydrogen) atoms. The van der Waals surface area contributed by atoms with Gasteiger partial charge in [0.25, 0.3) is 5.91 Å². The van der Waals surface area contributed by atoms with Crippen LogP contribution in [-0.2, 0) is 10.0 Å². The summed E-state index contributed by atoms with van der Waals surface area (Å²) < 4.78 is 67.6. The van der Waals surface area contributed by atoms with Crippen LogP contribution in [-0.4, -0.2) is 56.1 Å². The van der Waals surface area contributed by atoms with Crippen molar-refractivity contribution in [2.75, 3.05) is 26.2 Å². The summed E-state index contributed by atoms with van der Waals surface area (Å²) in [5.41, 5.74) is 0.555. The second-order valence-corrected chi connectivity index (χ2v) is 9.18. The van der Waals surface area contributed by atoms with Gasteiger partial charge in [-0.2, -0.15) is 4.31 Å². The number of nitrogens with zero attached hydrogens (tertiary/aromatic N) is 2. The standard InChI is InChI=1S/C22H19F3N2O4S/c23-22(24,25)31-17-8-10-18(11-9-17)32(29,30)27-14-12-26(13-15-27)21(28)20-7-3-5-16-4-1-2-6-19(16)20/h1-11H,12-15H2. The van der Waals surface area contributed by atoms with Crippen molar-refractivity contribution >= 4 is 26.7 Å². The van der Waals surface area contributed by atoms with Crippen LogP contribution in [0.1, 0.15) is 10.4 Å². The van der Waals surface area contributed by atoms with E-state index in [1.165, 1.54) is 4.31 Å². The first-order valence-corrected chi connectivity index (χ1v) is 11.2. The van der Waals surface area contributed by atoms with E-state index in [9.17, 15) is 26.4 Å². The molecule has 0 bridgehead atoms. The Balaban J connectivity index is 1.45. The Bertz CT molecular complexity index is 1230. The molecule has 1 heterocycles. The molecule has 3 aromatic rings. The molecule has 6 nitrogen and oxygen atoms in total. The molecule has 0 atom stereocenters. The number of halogens is 3. The highest BCUT2D eigenvalue weighted by atomic mass is 32.2. The molecular formula is C22H19F3N2O4S. The first-order chi connectivity index (χ1) is 15.1. The maximum atomic E-state index is 13.0. The molecule has 0 aliphatic carbocycles. The number of carbonyl (C=O) groups excluding carboxylic acids is 1. The number of hydrogen-bond acceptors (Lipinski definition) is 4. The first kappa shape index (κ1) is 22.1. The molecule has 168 valence electrons. The lowest BCUT2D eigenvalue weighted by molar-refractivity contribution is -0.274. The van der Waals surface area contributed by atoms with Gasteiger partial charge in [0.15, 0.2) is 0 Å². The van der Waals surface area contributed by atoms with Crippen molar-refractivity contribution in [2.45, 2.75) is 11.3 Å².